The zero-order valence-corrected chi connectivity index (χ0v) is 7.99. The van der Waals surface area contributed by atoms with Crippen molar-refractivity contribution in [3.63, 3.8) is 0 Å². The van der Waals surface area contributed by atoms with Gasteiger partial charge in [-0.2, -0.15) is 0 Å². The first-order valence-electron chi connectivity index (χ1n) is 3.94. The lowest BCUT2D eigenvalue weighted by atomic mass is 9.80. The topological polar surface area (TPSA) is 89.6 Å². The second-order valence-corrected chi connectivity index (χ2v) is 4.63. The molecule has 0 bridgehead atoms. The summed E-state index contributed by atoms with van der Waals surface area (Å²) in [5.41, 5.74) is 1.25. The highest BCUT2D eigenvalue weighted by atomic mass is 32.2. The van der Waals surface area contributed by atoms with Crippen molar-refractivity contribution in [1.82, 2.24) is 0 Å². The van der Waals surface area contributed by atoms with Crippen LogP contribution in [0.25, 0.3) is 0 Å². The van der Waals surface area contributed by atoms with Crippen molar-refractivity contribution in [2.75, 3.05) is 0 Å². The van der Waals surface area contributed by atoms with Crippen molar-refractivity contribution in [3.8, 4) is 0 Å². The lowest BCUT2D eigenvalue weighted by Crippen LogP contribution is -2.28. The molecule has 0 unspecified atom stereocenters. The second-order valence-electron chi connectivity index (χ2n) is 3.07. The smallest absolute Gasteiger partial charge is 0.423 e. The monoisotopic (exact) mass is 213 g/mol. The van der Waals surface area contributed by atoms with Gasteiger partial charge in [0.1, 0.15) is 0 Å². The van der Waals surface area contributed by atoms with Crippen LogP contribution in [-0.4, -0.2) is 20.6 Å². The highest BCUT2D eigenvalue weighted by Crippen LogP contribution is 2.14. The van der Waals surface area contributed by atoms with E-state index >= 15 is 0 Å². The molecule has 0 spiro atoms. The third kappa shape index (κ3) is 1.55. The lowest BCUT2D eigenvalue weighted by molar-refractivity contribution is 0.275. The molecule has 0 saturated carbocycles. The average Bonchev–Trinajstić information content (AvgIpc) is 2.46. The quantitative estimate of drug-likeness (QED) is 0.558. The van der Waals surface area contributed by atoms with E-state index in [2.05, 4.69) is 0 Å². The van der Waals surface area contributed by atoms with Gasteiger partial charge < -0.3 is 9.68 Å². The number of hydrogen-bond donors (Lipinski definition) is 2. The van der Waals surface area contributed by atoms with Gasteiger partial charge in [0, 0.05) is 0 Å². The molecular formula is C7H8BNO4S. The average molecular weight is 213 g/mol. The van der Waals surface area contributed by atoms with Crippen LogP contribution in [0, 0.1) is 0 Å². The molecule has 0 aliphatic carbocycles. The van der Waals surface area contributed by atoms with E-state index in [1.165, 1.54) is 18.2 Å². The molecule has 1 aliphatic heterocycles. The van der Waals surface area contributed by atoms with E-state index in [4.69, 9.17) is 9.79 Å². The van der Waals surface area contributed by atoms with Crippen LogP contribution in [0.2, 0.25) is 0 Å². The highest BCUT2D eigenvalue weighted by molar-refractivity contribution is 7.89. The summed E-state index contributed by atoms with van der Waals surface area (Å²) in [5.74, 6) is 0. The first-order chi connectivity index (χ1) is 6.48. The Morgan fingerprint density at radius 3 is 2.86 bits per heavy atom. The van der Waals surface area contributed by atoms with Gasteiger partial charge in [-0.1, -0.05) is 6.07 Å². The molecule has 1 aliphatic rings. The van der Waals surface area contributed by atoms with Crippen LogP contribution in [0.15, 0.2) is 23.1 Å². The second kappa shape index (κ2) is 3.06. The maximum atomic E-state index is 11.0. The van der Waals surface area contributed by atoms with E-state index in [0.717, 1.165) is 0 Å². The van der Waals surface area contributed by atoms with Gasteiger partial charge in [0.2, 0.25) is 10.0 Å². The van der Waals surface area contributed by atoms with Gasteiger partial charge in [-0.05, 0) is 23.2 Å². The number of rotatable bonds is 1. The standard InChI is InChI=1S/C7H8BNO4S/c9-14(11,12)6-1-2-7-5(3-6)4-13-8(7)10/h1-3,10H,4H2,(H2,9,11,12). The number of primary sulfonamides is 1. The summed E-state index contributed by atoms with van der Waals surface area (Å²) >= 11 is 0. The van der Waals surface area contributed by atoms with Crippen LogP contribution in [0.1, 0.15) is 5.56 Å². The van der Waals surface area contributed by atoms with Gasteiger partial charge in [0.15, 0.2) is 0 Å². The number of fused-ring (bicyclic) bond motifs is 1. The Hall–Kier alpha value is -0.885. The molecule has 1 aromatic rings. The fourth-order valence-electron chi connectivity index (χ4n) is 1.38. The first-order valence-corrected chi connectivity index (χ1v) is 5.48. The van der Waals surface area contributed by atoms with E-state index in [1.54, 1.807) is 0 Å². The van der Waals surface area contributed by atoms with Crippen molar-refractivity contribution in [2.45, 2.75) is 11.5 Å². The summed E-state index contributed by atoms with van der Waals surface area (Å²) in [5, 5.41) is 14.2. The third-order valence-electron chi connectivity index (χ3n) is 2.11. The number of nitrogens with two attached hydrogens (primary N) is 1. The molecule has 2 rings (SSSR count). The van der Waals surface area contributed by atoms with E-state index in [1.807, 2.05) is 0 Å². The van der Waals surface area contributed by atoms with Crippen molar-refractivity contribution in [1.29, 1.82) is 0 Å². The lowest BCUT2D eigenvalue weighted by Gasteiger charge is -2.01. The number of sulfonamides is 1. The SMILES string of the molecule is NS(=O)(=O)c1ccc2c(c1)COB2O. The molecule has 74 valence electrons. The number of benzene rings is 1. The first kappa shape index (κ1) is 9.66. The van der Waals surface area contributed by atoms with E-state index in [9.17, 15) is 13.4 Å². The predicted octanol–water partition coefficient (Wildman–Crippen LogP) is -1.45. The van der Waals surface area contributed by atoms with Crippen LogP contribution in [0.5, 0.6) is 0 Å². The highest BCUT2D eigenvalue weighted by Gasteiger charge is 2.27. The van der Waals surface area contributed by atoms with E-state index in [-0.39, 0.29) is 11.5 Å². The van der Waals surface area contributed by atoms with Gasteiger partial charge in [0.05, 0.1) is 11.5 Å². The minimum absolute atomic E-state index is 0.0361. The summed E-state index contributed by atoms with van der Waals surface area (Å²) < 4.78 is 26.9. The van der Waals surface area contributed by atoms with E-state index in [0.29, 0.717) is 11.0 Å². The minimum Gasteiger partial charge on any atom is -0.423 e. The van der Waals surface area contributed by atoms with Crippen molar-refractivity contribution in [2.24, 2.45) is 5.14 Å². The molecule has 0 atom stereocenters. The van der Waals surface area contributed by atoms with Gasteiger partial charge in [-0.3, -0.25) is 0 Å². The fraction of sp³-hybridized carbons (Fsp3) is 0.143. The third-order valence-corrected chi connectivity index (χ3v) is 3.02. The Morgan fingerprint density at radius 1 is 1.50 bits per heavy atom. The van der Waals surface area contributed by atoms with Crippen LogP contribution < -0.4 is 10.6 Å². The van der Waals surface area contributed by atoms with Gasteiger partial charge in [-0.25, -0.2) is 13.6 Å². The van der Waals surface area contributed by atoms with Crippen LogP contribution in [0.3, 0.4) is 0 Å². The molecule has 5 nitrogen and oxygen atoms in total. The molecule has 1 aromatic carbocycles. The van der Waals surface area contributed by atoms with Gasteiger partial charge >= 0.3 is 7.12 Å². The zero-order valence-electron chi connectivity index (χ0n) is 7.17. The normalized spacial score (nSPS) is 15.7. The van der Waals surface area contributed by atoms with Crippen LogP contribution in [0.4, 0.5) is 0 Å². The van der Waals surface area contributed by atoms with E-state index < -0.39 is 17.1 Å². The Bertz CT molecular complexity index is 473. The Morgan fingerprint density at radius 2 is 2.21 bits per heavy atom. The van der Waals surface area contributed by atoms with Crippen molar-refractivity contribution < 1.29 is 18.1 Å². The minimum atomic E-state index is -3.68. The summed E-state index contributed by atoms with van der Waals surface area (Å²) in [6.07, 6.45) is 0. The predicted molar refractivity (Wildman–Crippen MR) is 50.2 cm³/mol. The van der Waals surface area contributed by atoms with Crippen LogP contribution in [-0.2, 0) is 21.3 Å². The maximum absolute atomic E-state index is 11.0. The van der Waals surface area contributed by atoms with Gasteiger partial charge in [-0.15, -0.1) is 0 Å². The molecular weight excluding hydrogens is 205 g/mol. The summed E-state index contributed by atoms with van der Waals surface area (Å²) in [6, 6.07) is 4.28. The summed E-state index contributed by atoms with van der Waals surface area (Å²) in [4.78, 5) is 0.0361. The molecule has 1 heterocycles. The molecule has 0 radical (unpaired) electrons. The largest absolute Gasteiger partial charge is 0.491 e. The Labute approximate surface area is 81.7 Å². The molecule has 0 aromatic heterocycles. The molecule has 0 fully saturated rings. The fourth-order valence-corrected chi connectivity index (χ4v) is 1.95. The molecule has 14 heavy (non-hydrogen) atoms. The van der Waals surface area contributed by atoms with Crippen molar-refractivity contribution >= 4 is 22.6 Å². The maximum Gasteiger partial charge on any atom is 0.491 e. The summed E-state index contributed by atoms with van der Waals surface area (Å²) in [6.45, 7) is 0.208. The molecule has 0 amide bonds. The summed E-state index contributed by atoms with van der Waals surface area (Å²) in [7, 11) is -4.64. The molecule has 7 heteroatoms. The Balaban J connectivity index is 2.53. The molecule has 3 N–H and O–H groups in total. The van der Waals surface area contributed by atoms with Crippen LogP contribution >= 0.6 is 0 Å². The number of hydrogen-bond acceptors (Lipinski definition) is 4. The Kier molecular flexibility index (Phi) is 2.11. The van der Waals surface area contributed by atoms with Gasteiger partial charge in [0.25, 0.3) is 0 Å². The molecule has 0 saturated heterocycles. The van der Waals surface area contributed by atoms with Crippen molar-refractivity contribution in [3.05, 3.63) is 23.8 Å². The zero-order chi connectivity index (χ0) is 10.3.